The molecule has 1 N–H and O–H groups in total. The summed E-state index contributed by atoms with van der Waals surface area (Å²) in [6.07, 6.45) is 7.06. The van der Waals surface area contributed by atoms with Gasteiger partial charge in [-0.25, -0.2) is 4.79 Å². The maximum absolute atomic E-state index is 13.1. The lowest BCUT2D eigenvalue weighted by Gasteiger charge is -2.29. The first-order chi connectivity index (χ1) is 17.1. The molecule has 190 valence electrons. The summed E-state index contributed by atoms with van der Waals surface area (Å²) in [5.41, 5.74) is 3.62. The second-order valence-electron chi connectivity index (χ2n) is 9.03. The summed E-state index contributed by atoms with van der Waals surface area (Å²) in [7, 11) is 0. The molecule has 0 saturated carbocycles. The number of benzene rings is 2. The first-order valence-corrected chi connectivity index (χ1v) is 13.1. The van der Waals surface area contributed by atoms with E-state index in [1.54, 1.807) is 25.1 Å². The van der Waals surface area contributed by atoms with E-state index in [2.05, 4.69) is 41.4 Å². The standard InChI is InChI=1S/C29H40N2O4/c1-4-13-25(23-14-9-10-15-26(23)31-18-11-7-8-12-19-31)30-28(32)21-22-16-17-24(29(33)35-6-3)27(20-22)34-5-2/h9-10,14-17,20,25H,4-8,11-13,18-19,21H2,1-3H3,(H,30,32). The largest absolute Gasteiger partial charge is 0.493 e. The van der Waals surface area contributed by atoms with Gasteiger partial charge >= 0.3 is 5.97 Å². The first-order valence-electron chi connectivity index (χ1n) is 13.1. The Morgan fingerprint density at radius 3 is 2.40 bits per heavy atom. The summed E-state index contributed by atoms with van der Waals surface area (Å²) in [6.45, 7) is 8.64. The Morgan fingerprint density at radius 2 is 1.71 bits per heavy atom. The zero-order chi connectivity index (χ0) is 25.0. The molecule has 6 heteroatoms. The number of esters is 1. The Bertz CT molecular complexity index is 967. The Hall–Kier alpha value is -3.02. The molecule has 35 heavy (non-hydrogen) atoms. The minimum Gasteiger partial charge on any atom is -0.493 e. The number of nitrogens with one attached hydrogen (secondary N) is 1. The van der Waals surface area contributed by atoms with Crippen molar-refractivity contribution in [3.63, 3.8) is 0 Å². The summed E-state index contributed by atoms with van der Waals surface area (Å²) in [5, 5.41) is 3.29. The first kappa shape index (κ1) is 26.6. The summed E-state index contributed by atoms with van der Waals surface area (Å²) >= 11 is 0. The van der Waals surface area contributed by atoms with Gasteiger partial charge in [0.1, 0.15) is 11.3 Å². The molecule has 0 bridgehead atoms. The Labute approximate surface area is 210 Å². The van der Waals surface area contributed by atoms with E-state index in [-0.39, 0.29) is 18.4 Å². The van der Waals surface area contributed by atoms with Crippen molar-refractivity contribution in [1.82, 2.24) is 5.32 Å². The lowest BCUT2D eigenvalue weighted by Crippen LogP contribution is -2.32. The van der Waals surface area contributed by atoms with Crippen LogP contribution in [0.1, 0.15) is 86.8 Å². The lowest BCUT2D eigenvalue weighted by molar-refractivity contribution is -0.121. The molecular weight excluding hydrogens is 440 g/mol. The van der Waals surface area contributed by atoms with Crippen LogP contribution in [0.15, 0.2) is 42.5 Å². The topological polar surface area (TPSA) is 67.9 Å². The van der Waals surface area contributed by atoms with Gasteiger partial charge in [0.15, 0.2) is 0 Å². The Balaban J connectivity index is 1.77. The molecule has 1 saturated heterocycles. The normalized spacial score (nSPS) is 14.7. The van der Waals surface area contributed by atoms with Crippen LogP contribution in [0.5, 0.6) is 5.75 Å². The highest BCUT2D eigenvalue weighted by molar-refractivity contribution is 5.93. The molecule has 1 heterocycles. The Kier molecular flexibility index (Phi) is 10.5. The van der Waals surface area contributed by atoms with Crippen LogP contribution in [0.4, 0.5) is 5.69 Å². The fourth-order valence-electron chi connectivity index (χ4n) is 4.74. The van der Waals surface area contributed by atoms with Crippen LogP contribution in [0.3, 0.4) is 0 Å². The van der Waals surface area contributed by atoms with E-state index in [9.17, 15) is 9.59 Å². The number of hydrogen-bond donors (Lipinski definition) is 1. The van der Waals surface area contributed by atoms with Gasteiger partial charge in [0.25, 0.3) is 0 Å². The third kappa shape index (κ3) is 7.48. The van der Waals surface area contributed by atoms with Crippen molar-refractivity contribution < 1.29 is 19.1 Å². The van der Waals surface area contributed by atoms with Crippen molar-refractivity contribution in [3.05, 3.63) is 59.2 Å². The third-order valence-electron chi connectivity index (χ3n) is 6.38. The molecule has 1 fully saturated rings. The fraction of sp³-hybridized carbons (Fsp3) is 0.517. The molecule has 1 amide bonds. The van der Waals surface area contributed by atoms with Gasteiger partial charge in [-0.15, -0.1) is 0 Å². The predicted octanol–water partition coefficient (Wildman–Crippen LogP) is 5.84. The zero-order valence-corrected chi connectivity index (χ0v) is 21.5. The summed E-state index contributed by atoms with van der Waals surface area (Å²) in [4.78, 5) is 27.9. The maximum Gasteiger partial charge on any atom is 0.341 e. The van der Waals surface area contributed by atoms with Crippen LogP contribution in [0.25, 0.3) is 0 Å². The van der Waals surface area contributed by atoms with Gasteiger partial charge in [0.2, 0.25) is 5.91 Å². The van der Waals surface area contributed by atoms with Crippen LogP contribution in [0, 0.1) is 0 Å². The van der Waals surface area contributed by atoms with Crippen LogP contribution in [0.2, 0.25) is 0 Å². The smallest absolute Gasteiger partial charge is 0.341 e. The monoisotopic (exact) mass is 480 g/mol. The SMILES string of the molecule is CCCC(NC(=O)Cc1ccc(C(=O)OCC)c(OCC)c1)c1ccccc1N1CCCCCC1. The molecule has 1 atom stereocenters. The number of para-hydroxylation sites is 1. The molecule has 6 nitrogen and oxygen atoms in total. The van der Waals surface area contributed by atoms with E-state index in [1.807, 2.05) is 6.92 Å². The minimum absolute atomic E-state index is 0.0412. The van der Waals surface area contributed by atoms with Crippen molar-refractivity contribution in [3.8, 4) is 5.75 Å². The number of carbonyl (C=O) groups excluding carboxylic acids is 2. The van der Waals surface area contributed by atoms with Gasteiger partial charge in [-0.1, -0.05) is 50.5 Å². The zero-order valence-electron chi connectivity index (χ0n) is 21.5. The van der Waals surface area contributed by atoms with E-state index in [1.165, 1.54) is 36.9 Å². The molecule has 1 aliphatic rings. The number of amides is 1. The average Bonchev–Trinajstić information content (AvgIpc) is 3.14. The second kappa shape index (κ2) is 13.8. The highest BCUT2D eigenvalue weighted by atomic mass is 16.5. The van der Waals surface area contributed by atoms with Gasteiger partial charge < -0.3 is 19.7 Å². The van der Waals surface area contributed by atoms with Gasteiger partial charge in [0, 0.05) is 18.8 Å². The molecule has 0 spiro atoms. The molecule has 1 unspecified atom stereocenters. The molecule has 3 rings (SSSR count). The molecule has 2 aromatic rings. The van der Waals surface area contributed by atoms with E-state index in [0.717, 1.165) is 31.5 Å². The van der Waals surface area contributed by atoms with E-state index in [0.29, 0.717) is 24.5 Å². The minimum atomic E-state index is -0.417. The van der Waals surface area contributed by atoms with E-state index in [4.69, 9.17) is 9.47 Å². The van der Waals surface area contributed by atoms with Gasteiger partial charge in [-0.2, -0.15) is 0 Å². The number of nitrogens with zero attached hydrogens (tertiary/aromatic N) is 1. The van der Waals surface area contributed by atoms with E-state index >= 15 is 0 Å². The summed E-state index contributed by atoms with van der Waals surface area (Å²) < 4.78 is 10.8. The second-order valence-corrected chi connectivity index (χ2v) is 9.03. The van der Waals surface area contributed by atoms with Gasteiger partial charge in [-0.05, 0) is 62.4 Å². The molecule has 0 aromatic heterocycles. The highest BCUT2D eigenvalue weighted by Crippen LogP contribution is 2.31. The maximum atomic E-state index is 13.1. The Morgan fingerprint density at radius 1 is 0.971 bits per heavy atom. The number of anilines is 1. The lowest BCUT2D eigenvalue weighted by atomic mass is 9.98. The van der Waals surface area contributed by atoms with Crippen molar-refractivity contribution in [1.29, 1.82) is 0 Å². The van der Waals surface area contributed by atoms with Crippen LogP contribution in [-0.2, 0) is 16.0 Å². The molecule has 0 aliphatic carbocycles. The molecule has 2 aromatic carbocycles. The average molecular weight is 481 g/mol. The number of carbonyl (C=O) groups is 2. The summed E-state index contributed by atoms with van der Waals surface area (Å²) in [6, 6.07) is 13.7. The molecule has 0 radical (unpaired) electrons. The highest BCUT2D eigenvalue weighted by Gasteiger charge is 2.21. The van der Waals surface area contributed by atoms with Crippen molar-refractivity contribution in [2.45, 2.75) is 71.8 Å². The number of hydrogen-bond acceptors (Lipinski definition) is 5. The van der Waals surface area contributed by atoms with Gasteiger partial charge in [0.05, 0.1) is 25.7 Å². The van der Waals surface area contributed by atoms with Crippen molar-refractivity contribution in [2.24, 2.45) is 0 Å². The quantitative estimate of drug-likeness (QED) is 0.409. The molecular formula is C29H40N2O4. The van der Waals surface area contributed by atoms with Crippen LogP contribution < -0.4 is 15.0 Å². The van der Waals surface area contributed by atoms with Crippen LogP contribution in [-0.4, -0.2) is 38.2 Å². The van der Waals surface area contributed by atoms with Gasteiger partial charge in [-0.3, -0.25) is 4.79 Å². The number of ether oxygens (including phenoxy) is 2. The van der Waals surface area contributed by atoms with E-state index < -0.39 is 5.97 Å². The molecule has 1 aliphatic heterocycles. The van der Waals surface area contributed by atoms with Crippen molar-refractivity contribution >= 4 is 17.6 Å². The predicted molar refractivity (Wildman–Crippen MR) is 140 cm³/mol. The summed E-state index contributed by atoms with van der Waals surface area (Å²) in [5.74, 6) is -0.00611. The number of rotatable bonds is 11. The van der Waals surface area contributed by atoms with Crippen molar-refractivity contribution in [2.75, 3.05) is 31.2 Å². The third-order valence-corrected chi connectivity index (χ3v) is 6.38. The van der Waals surface area contributed by atoms with Crippen LogP contribution >= 0.6 is 0 Å². The fourth-order valence-corrected chi connectivity index (χ4v) is 4.74.